The van der Waals surface area contributed by atoms with Crippen LogP contribution in [0.1, 0.15) is 258 Å². The van der Waals surface area contributed by atoms with Gasteiger partial charge >= 0.3 is 0 Å². The Labute approximate surface area is 372 Å². The second-order valence-corrected chi connectivity index (χ2v) is 17.8. The molecule has 0 heterocycles. The van der Waals surface area contributed by atoms with Crippen LogP contribution in [0, 0.1) is 0 Å². The number of nitrogens with one attached hydrogen (secondary N) is 1. The summed E-state index contributed by atoms with van der Waals surface area (Å²) in [5.41, 5.74) is 0. The monoisotopic (exact) mass is 844 g/mol. The van der Waals surface area contributed by atoms with E-state index in [2.05, 4.69) is 67.8 Å². The number of carbonyl (C=O) groups excluding carboxylic acids is 1. The molecule has 0 aliphatic heterocycles. The van der Waals surface area contributed by atoms with Crippen LogP contribution in [-0.4, -0.2) is 57.3 Å². The molecule has 0 fully saturated rings. The first-order chi connectivity index (χ1) is 29.5. The Morgan fingerprint density at radius 2 is 0.700 bits per heavy atom. The van der Waals surface area contributed by atoms with Crippen molar-refractivity contribution in [3.63, 3.8) is 0 Å². The zero-order chi connectivity index (χ0) is 43.8. The number of amides is 1. The average molecular weight is 844 g/mol. The summed E-state index contributed by atoms with van der Waals surface area (Å²) < 4.78 is 0. The summed E-state index contributed by atoms with van der Waals surface area (Å²) in [7, 11) is 0. The minimum atomic E-state index is -1.30. The molecular formula is C54H101NO5. The van der Waals surface area contributed by atoms with Crippen LogP contribution in [0.3, 0.4) is 0 Å². The van der Waals surface area contributed by atoms with Crippen LogP contribution in [0.4, 0.5) is 0 Å². The highest BCUT2D eigenvalue weighted by Crippen LogP contribution is 2.16. The van der Waals surface area contributed by atoms with Gasteiger partial charge in [0.25, 0.3) is 0 Å². The van der Waals surface area contributed by atoms with E-state index in [-0.39, 0.29) is 0 Å². The Morgan fingerprint density at radius 3 is 1.05 bits per heavy atom. The molecule has 6 nitrogen and oxygen atoms in total. The van der Waals surface area contributed by atoms with E-state index in [0.717, 1.165) is 64.2 Å². The molecular weight excluding hydrogens is 743 g/mol. The molecule has 60 heavy (non-hydrogen) atoms. The molecule has 6 heteroatoms. The number of carbonyl (C=O) groups is 1. The van der Waals surface area contributed by atoms with Gasteiger partial charge in [-0.15, -0.1) is 0 Å². The highest BCUT2D eigenvalue weighted by Gasteiger charge is 2.28. The second kappa shape index (κ2) is 48.3. The number of allylic oxidation sites excluding steroid dienone is 8. The van der Waals surface area contributed by atoms with Crippen molar-refractivity contribution in [3.8, 4) is 0 Å². The van der Waals surface area contributed by atoms with Gasteiger partial charge in [0.05, 0.1) is 18.8 Å². The molecule has 0 rings (SSSR count). The third kappa shape index (κ3) is 41.6. The fraction of sp³-hybridized carbons (Fsp3) is 0.833. The van der Waals surface area contributed by atoms with E-state index >= 15 is 0 Å². The topological polar surface area (TPSA) is 110 Å². The van der Waals surface area contributed by atoms with Crippen LogP contribution >= 0.6 is 0 Å². The lowest BCUT2D eigenvalue weighted by Gasteiger charge is -2.27. The lowest BCUT2D eigenvalue weighted by molar-refractivity contribution is -0.132. The fourth-order valence-corrected chi connectivity index (χ4v) is 7.84. The van der Waals surface area contributed by atoms with Crippen molar-refractivity contribution in [3.05, 3.63) is 48.6 Å². The highest BCUT2D eigenvalue weighted by atomic mass is 16.3. The van der Waals surface area contributed by atoms with Crippen LogP contribution in [-0.2, 0) is 4.79 Å². The Hall–Kier alpha value is -1.73. The zero-order valence-corrected chi connectivity index (χ0v) is 39.7. The first-order valence-corrected chi connectivity index (χ1v) is 26.0. The van der Waals surface area contributed by atoms with Gasteiger partial charge in [-0.25, -0.2) is 0 Å². The van der Waals surface area contributed by atoms with E-state index in [4.69, 9.17) is 0 Å². The van der Waals surface area contributed by atoms with Gasteiger partial charge < -0.3 is 25.7 Å². The molecule has 4 atom stereocenters. The Morgan fingerprint density at radius 1 is 0.400 bits per heavy atom. The number of aliphatic hydroxyl groups excluding tert-OH is 4. The molecule has 1 amide bonds. The van der Waals surface area contributed by atoms with Gasteiger partial charge in [0.15, 0.2) is 0 Å². The maximum absolute atomic E-state index is 12.5. The van der Waals surface area contributed by atoms with Crippen molar-refractivity contribution in [2.45, 2.75) is 282 Å². The number of aliphatic hydroxyl groups is 4. The predicted molar refractivity (Wildman–Crippen MR) is 260 cm³/mol. The summed E-state index contributed by atoms with van der Waals surface area (Å²) in [5, 5.41) is 43.8. The third-order valence-corrected chi connectivity index (χ3v) is 12.0. The number of unbranched alkanes of at least 4 members (excludes halogenated alkanes) is 30. The van der Waals surface area contributed by atoms with Gasteiger partial charge in [-0.3, -0.25) is 4.79 Å². The number of rotatable bonds is 47. The largest absolute Gasteiger partial charge is 0.394 e. The minimum Gasteiger partial charge on any atom is -0.394 e. The number of hydrogen-bond acceptors (Lipinski definition) is 5. The van der Waals surface area contributed by atoms with Gasteiger partial charge in [0, 0.05) is 0 Å². The zero-order valence-electron chi connectivity index (χ0n) is 39.7. The maximum atomic E-state index is 12.5. The van der Waals surface area contributed by atoms with Crippen LogP contribution in [0.25, 0.3) is 0 Å². The predicted octanol–water partition coefficient (Wildman–Crippen LogP) is 14.6. The van der Waals surface area contributed by atoms with Crippen LogP contribution < -0.4 is 5.32 Å². The van der Waals surface area contributed by atoms with Crippen LogP contribution in [0.5, 0.6) is 0 Å². The summed E-state index contributed by atoms with van der Waals surface area (Å²) in [6, 6.07) is -1.02. The van der Waals surface area contributed by atoms with E-state index < -0.39 is 36.9 Å². The SMILES string of the molecule is CCCCCCCCCCC/C=C\CCCCCCC(O)C(=O)NC(CO)C(O)C(O)CCC/C=C/CC/C=C/CC/C=C/CCCCCCCCCCCCCCCC. The van der Waals surface area contributed by atoms with Gasteiger partial charge in [-0.2, -0.15) is 0 Å². The number of hydrogen-bond donors (Lipinski definition) is 5. The van der Waals surface area contributed by atoms with E-state index in [1.165, 1.54) is 161 Å². The second-order valence-electron chi connectivity index (χ2n) is 17.8. The molecule has 352 valence electrons. The van der Waals surface area contributed by atoms with E-state index in [0.29, 0.717) is 19.3 Å². The molecule has 0 aliphatic carbocycles. The van der Waals surface area contributed by atoms with Gasteiger partial charge in [0.2, 0.25) is 5.91 Å². The smallest absolute Gasteiger partial charge is 0.249 e. The van der Waals surface area contributed by atoms with Gasteiger partial charge in [0.1, 0.15) is 12.2 Å². The average Bonchev–Trinajstić information content (AvgIpc) is 3.25. The summed E-state index contributed by atoms with van der Waals surface area (Å²) >= 11 is 0. The molecule has 0 aromatic heterocycles. The molecule has 0 saturated heterocycles. The summed E-state index contributed by atoms with van der Waals surface area (Å²) in [6.07, 6.45) is 60.2. The molecule has 0 aromatic carbocycles. The van der Waals surface area contributed by atoms with Crippen LogP contribution in [0.15, 0.2) is 48.6 Å². The van der Waals surface area contributed by atoms with Crippen LogP contribution in [0.2, 0.25) is 0 Å². The Kier molecular flexibility index (Phi) is 46.9. The molecule has 0 aromatic rings. The minimum absolute atomic E-state index is 0.343. The van der Waals surface area contributed by atoms with Crippen molar-refractivity contribution in [2.24, 2.45) is 0 Å². The van der Waals surface area contributed by atoms with Gasteiger partial charge in [-0.1, -0.05) is 217 Å². The van der Waals surface area contributed by atoms with Gasteiger partial charge in [-0.05, 0) is 89.9 Å². The summed E-state index contributed by atoms with van der Waals surface area (Å²) in [5.74, 6) is -0.608. The molecule has 0 aliphatic rings. The molecule has 0 radical (unpaired) electrons. The maximum Gasteiger partial charge on any atom is 0.249 e. The third-order valence-electron chi connectivity index (χ3n) is 12.0. The van der Waals surface area contributed by atoms with Crippen molar-refractivity contribution < 1.29 is 25.2 Å². The quantitative estimate of drug-likeness (QED) is 0.0310. The summed E-state index contributed by atoms with van der Waals surface area (Å²) in [6.45, 7) is 4.05. The van der Waals surface area contributed by atoms with Crippen molar-refractivity contribution in [1.82, 2.24) is 5.32 Å². The molecule has 4 unspecified atom stereocenters. The standard InChI is InChI=1S/C54H101NO5/c1-3-5-7-9-11-13-15-17-19-21-22-23-24-25-26-27-28-29-30-32-33-35-37-39-41-43-45-47-51(57)53(59)50(49-56)55-54(60)52(58)48-46-44-42-40-38-36-34-31-20-18-16-14-12-10-8-6-4-2/h27-28,32-34,36,39,41,50-53,56-59H,3-26,29-31,35,37-38,40,42-49H2,1-2H3,(H,55,60)/b28-27+,33-32+,36-34-,41-39+. The Balaban J connectivity index is 3.76. The first-order valence-electron chi connectivity index (χ1n) is 26.0. The fourth-order valence-electron chi connectivity index (χ4n) is 7.84. The lowest BCUT2D eigenvalue weighted by Crippen LogP contribution is -2.53. The lowest BCUT2D eigenvalue weighted by atomic mass is 10.00. The van der Waals surface area contributed by atoms with E-state index in [9.17, 15) is 25.2 Å². The van der Waals surface area contributed by atoms with E-state index in [1.807, 2.05) is 0 Å². The molecule has 0 bridgehead atoms. The summed E-state index contributed by atoms with van der Waals surface area (Å²) in [4.78, 5) is 12.5. The van der Waals surface area contributed by atoms with Crippen molar-refractivity contribution in [2.75, 3.05) is 6.61 Å². The molecule has 0 spiro atoms. The normalized spacial score (nSPS) is 14.3. The van der Waals surface area contributed by atoms with E-state index in [1.54, 1.807) is 0 Å². The molecule has 0 saturated carbocycles. The van der Waals surface area contributed by atoms with Crippen molar-refractivity contribution >= 4 is 5.91 Å². The highest BCUT2D eigenvalue weighted by molar-refractivity contribution is 5.80. The Bertz CT molecular complexity index is 993. The van der Waals surface area contributed by atoms with Crippen molar-refractivity contribution in [1.29, 1.82) is 0 Å². The first kappa shape index (κ1) is 58.3. The molecule has 5 N–H and O–H groups in total.